The van der Waals surface area contributed by atoms with E-state index in [-0.39, 0.29) is 22.6 Å². The third kappa shape index (κ3) is 2.83. The second kappa shape index (κ2) is 5.85. The van der Waals surface area contributed by atoms with Crippen LogP contribution >= 0.6 is 0 Å². The summed E-state index contributed by atoms with van der Waals surface area (Å²) in [5, 5.41) is 20.5. The summed E-state index contributed by atoms with van der Waals surface area (Å²) >= 11 is 0. The molecule has 5 heteroatoms. The standard InChI is InChI=1S/C16H17NO4/c1-9-5-4-6-11(7-9)14-12(18)8-10(2)13(15(14)19)16(20)17-21-3/h4-8,18-19H,1-3H3,(H,17,20). The maximum atomic E-state index is 12.0. The summed E-state index contributed by atoms with van der Waals surface area (Å²) in [6, 6.07) is 8.75. The molecule has 0 aliphatic rings. The van der Waals surface area contributed by atoms with E-state index in [4.69, 9.17) is 0 Å². The second-order valence-electron chi connectivity index (χ2n) is 4.82. The van der Waals surface area contributed by atoms with Crippen LogP contribution in [-0.4, -0.2) is 23.2 Å². The molecule has 0 spiro atoms. The Balaban J connectivity index is 2.67. The molecular formula is C16H17NO4. The van der Waals surface area contributed by atoms with Crippen molar-refractivity contribution in [3.8, 4) is 22.6 Å². The fraction of sp³-hybridized carbons (Fsp3) is 0.188. The van der Waals surface area contributed by atoms with Crippen molar-refractivity contribution < 1.29 is 19.8 Å². The van der Waals surface area contributed by atoms with Crippen molar-refractivity contribution in [1.29, 1.82) is 0 Å². The molecule has 5 nitrogen and oxygen atoms in total. The van der Waals surface area contributed by atoms with Gasteiger partial charge in [0.15, 0.2) is 0 Å². The van der Waals surface area contributed by atoms with Gasteiger partial charge in [-0.1, -0.05) is 29.8 Å². The molecule has 0 atom stereocenters. The average Bonchev–Trinajstić information content (AvgIpc) is 2.38. The molecule has 0 aliphatic carbocycles. The Morgan fingerprint density at radius 3 is 2.52 bits per heavy atom. The molecule has 0 saturated carbocycles. The lowest BCUT2D eigenvalue weighted by Gasteiger charge is -2.14. The predicted molar refractivity (Wildman–Crippen MR) is 79.2 cm³/mol. The van der Waals surface area contributed by atoms with Crippen LogP contribution in [0.4, 0.5) is 0 Å². The highest BCUT2D eigenvalue weighted by molar-refractivity contribution is 6.01. The number of phenolic OH excluding ortho intramolecular Hbond substituents is 2. The Labute approximate surface area is 122 Å². The fourth-order valence-electron chi connectivity index (χ4n) is 2.30. The first-order valence-electron chi connectivity index (χ1n) is 6.41. The Kier molecular flexibility index (Phi) is 4.14. The summed E-state index contributed by atoms with van der Waals surface area (Å²) in [5.74, 6) is -0.918. The summed E-state index contributed by atoms with van der Waals surface area (Å²) in [7, 11) is 1.31. The Hall–Kier alpha value is -2.53. The normalized spacial score (nSPS) is 10.4. The van der Waals surface area contributed by atoms with Crippen molar-refractivity contribution in [3.63, 3.8) is 0 Å². The minimum Gasteiger partial charge on any atom is -0.507 e. The topological polar surface area (TPSA) is 78.8 Å². The highest BCUT2D eigenvalue weighted by Gasteiger charge is 2.22. The van der Waals surface area contributed by atoms with Crippen LogP contribution in [0.25, 0.3) is 11.1 Å². The largest absolute Gasteiger partial charge is 0.507 e. The third-order valence-corrected chi connectivity index (χ3v) is 3.21. The van der Waals surface area contributed by atoms with Crippen LogP contribution in [0.5, 0.6) is 11.5 Å². The summed E-state index contributed by atoms with van der Waals surface area (Å²) in [6.07, 6.45) is 0. The van der Waals surface area contributed by atoms with Crippen LogP contribution < -0.4 is 5.48 Å². The molecule has 0 aliphatic heterocycles. The molecule has 1 amide bonds. The van der Waals surface area contributed by atoms with Gasteiger partial charge in [-0.3, -0.25) is 9.63 Å². The number of amides is 1. The van der Waals surface area contributed by atoms with E-state index in [0.29, 0.717) is 11.1 Å². The summed E-state index contributed by atoms with van der Waals surface area (Å²) in [6.45, 7) is 3.54. The lowest BCUT2D eigenvalue weighted by Crippen LogP contribution is -2.23. The molecule has 0 unspecified atom stereocenters. The number of hydrogen-bond acceptors (Lipinski definition) is 4. The number of phenols is 2. The molecule has 2 rings (SSSR count). The molecule has 0 bridgehead atoms. The van der Waals surface area contributed by atoms with Gasteiger partial charge in [-0.05, 0) is 31.0 Å². The minimum absolute atomic E-state index is 0.0751. The lowest BCUT2D eigenvalue weighted by atomic mass is 9.95. The van der Waals surface area contributed by atoms with Crippen molar-refractivity contribution in [1.82, 2.24) is 5.48 Å². The number of aromatic hydroxyl groups is 2. The SMILES string of the molecule is CONC(=O)c1c(C)cc(O)c(-c2cccc(C)c2)c1O. The molecular weight excluding hydrogens is 270 g/mol. The molecule has 0 aromatic heterocycles. The molecule has 2 aromatic rings. The van der Waals surface area contributed by atoms with Gasteiger partial charge in [0, 0.05) is 0 Å². The maximum absolute atomic E-state index is 12.0. The second-order valence-corrected chi connectivity index (χ2v) is 4.82. The van der Waals surface area contributed by atoms with Crippen LogP contribution in [0.3, 0.4) is 0 Å². The third-order valence-electron chi connectivity index (χ3n) is 3.21. The van der Waals surface area contributed by atoms with Crippen LogP contribution in [0.15, 0.2) is 30.3 Å². The van der Waals surface area contributed by atoms with Gasteiger partial charge in [0.2, 0.25) is 0 Å². The van der Waals surface area contributed by atoms with Gasteiger partial charge < -0.3 is 10.2 Å². The number of benzene rings is 2. The van der Waals surface area contributed by atoms with E-state index in [1.165, 1.54) is 13.2 Å². The zero-order valence-electron chi connectivity index (χ0n) is 12.1. The number of carbonyl (C=O) groups is 1. The Morgan fingerprint density at radius 1 is 1.19 bits per heavy atom. The molecule has 110 valence electrons. The van der Waals surface area contributed by atoms with Crippen molar-refractivity contribution in [2.45, 2.75) is 13.8 Å². The van der Waals surface area contributed by atoms with Crippen molar-refractivity contribution in [2.75, 3.05) is 7.11 Å². The zero-order chi connectivity index (χ0) is 15.6. The number of carbonyl (C=O) groups excluding carboxylic acids is 1. The Bertz CT molecular complexity index is 695. The lowest BCUT2D eigenvalue weighted by molar-refractivity contribution is 0.0534. The molecule has 21 heavy (non-hydrogen) atoms. The van der Waals surface area contributed by atoms with Gasteiger partial charge in [-0.15, -0.1) is 0 Å². The van der Waals surface area contributed by atoms with E-state index in [0.717, 1.165) is 5.56 Å². The highest BCUT2D eigenvalue weighted by atomic mass is 16.6. The number of nitrogens with one attached hydrogen (secondary N) is 1. The van der Waals surface area contributed by atoms with Gasteiger partial charge in [0.1, 0.15) is 11.5 Å². The van der Waals surface area contributed by atoms with E-state index in [1.807, 2.05) is 25.1 Å². The van der Waals surface area contributed by atoms with E-state index in [2.05, 4.69) is 10.3 Å². The van der Waals surface area contributed by atoms with Crippen molar-refractivity contribution >= 4 is 5.91 Å². The summed E-state index contributed by atoms with van der Waals surface area (Å²) < 4.78 is 0. The van der Waals surface area contributed by atoms with Gasteiger partial charge in [0.05, 0.1) is 18.2 Å². The molecule has 0 radical (unpaired) electrons. The van der Waals surface area contributed by atoms with Crippen molar-refractivity contribution in [3.05, 3.63) is 47.0 Å². The van der Waals surface area contributed by atoms with Gasteiger partial charge in [-0.2, -0.15) is 0 Å². The molecule has 0 fully saturated rings. The maximum Gasteiger partial charge on any atom is 0.278 e. The van der Waals surface area contributed by atoms with Gasteiger partial charge in [0.25, 0.3) is 5.91 Å². The molecule has 0 heterocycles. The number of hydroxylamine groups is 1. The van der Waals surface area contributed by atoms with Crippen LogP contribution in [0.2, 0.25) is 0 Å². The van der Waals surface area contributed by atoms with Gasteiger partial charge >= 0.3 is 0 Å². The molecule has 0 saturated heterocycles. The fourth-order valence-corrected chi connectivity index (χ4v) is 2.30. The first-order valence-corrected chi connectivity index (χ1v) is 6.41. The zero-order valence-corrected chi connectivity index (χ0v) is 12.1. The first-order chi connectivity index (χ1) is 9.95. The van der Waals surface area contributed by atoms with Crippen LogP contribution in [0.1, 0.15) is 21.5 Å². The van der Waals surface area contributed by atoms with E-state index >= 15 is 0 Å². The number of rotatable bonds is 3. The first kappa shape index (κ1) is 14.9. The quantitative estimate of drug-likeness (QED) is 0.758. The predicted octanol–water partition coefficient (Wildman–Crippen LogP) is 2.67. The van der Waals surface area contributed by atoms with Gasteiger partial charge in [-0.25, -0.2) is 5.48 Å². The molecule has 2 aromatic carbocycles. The number of hydrogen-bond donors (Lipinski definition) is 3. The average molecular weight is 287 g/mol. The minimum atomic E-state index is -0.568. The number of aryl methyl sites for hydroxylation is 2. The van der Waals surface area contributed by atoms with Crippen molar-refractivity contribution in [2.24, 2.45) is 0 Å². The summed E-state index contributed by atoms with van der Waals surface area (Å²) in [4.78, 5) is 16.6. The summed E-state index contributed by atoms with van der Waals surface area (Å²) in [5.41, 5.74) is 4.55. The Morgan fingerprint density at radius 2 is 1.90 bits per heavy atom. The smallest absolute Gasteiger partial charge is 0.278 e. The molecule has 3 N–H and O–H groups in total. The van der Waals surface area contributed by atoms with Crippen LogP contribution in [-0.2, 0) is 4.84 Å². The highest BCUT2D eigenvalue weighted by Crippen LogP contribution is 2.41. The monoisotopic (exact) mass is 287 g/mol. The van der Waals surface area contributed by atoms with Crippen LogP contribution in [0, 0.1) is 13.8 Å². The van der Waals surface area contributed by atoms with E-state index in [1.54, 1.807) is 13.0 Å². The van der Waals surface area contributed by atoms with E-state index < -0.39 is 5.91 Å². The van der Waals surface area contributed by atoms with E-state index in [9.17, 15) is 15.0 Å².